The van der Waals surface area contributed by atoms with E-state index in [1.54, 1.807) is 24.3 Å². The van der Waals surface area contributed by atoms with Gasteiger partial charge in [0.25, 0.3) is 0 Å². The minimum absolute atomic E-state index is 0.215. The fraction of sp³-hybridized carbons (Fsp3) is 0. The van der Waals surface area contributed by atoms with Gasteiger partial charge in [-0.25, -0.2) is 0 Å². The van der Waals surface area contributed by atoms with Crippen LogP contribution in [-0.4, -0.2) is 15.8 Å². The lowest BCUT2D eigenvalue weighted by molar-refractivity contribution is 0.0973. The van der Waals surface area contributed by atoms with Gasteiger partial charge in [0.05, 0.1) is 10.8 Å². The molecular formula is C12H6O3S. The van der Waals surface area contributed by atoms with Crippen molar-refractivity contribution in [2.75, 3.05) is 0 Å². The number of hydrogen-bond acceptors (Lipinski definition) is 3. The Morgan fingerprint density at radius 3 is 1.69 bits per heavy atom. The summed E-state index contributed by atoms with van der Waals surface area (Å²) in [7, 11) is -1.34. The standard InChI is InChI=1S/C12H6O3S/c13-11-7-3-1-2-4-8(7)12(14)10-6-16(15)5-9(10)11/h1-6H. The van der Waals surface area contributed by atoms with E-state index >= 15 is 0 Å². The summed E-state index contributed by atoms with van der Waals surface area (Å²) in [5.74, 6) is -0.431. The van der Waals surface area contributed by atoms with Gasteiger partial charge >= 0.3 is 0 Å². The van der Waals surface area contributed by atoms with E-state index in [-0.39, 0.29) is 22.7 Å². The summed E-state index contributed by atoms with van der Waals surface area (Å²) in [6.07, 6.45) is 0. The van der Waals surface area contributed by atoms with Crippen molar-refractivity contribution in [3.63, 3.8) is 0 Å². The summed E-state index contributed by atoms with van der Waals surface area (Å²) in [4.78, 5) is 24.0. The zero-order chi connectivity index (χ0) is 11.3. The Kier molecular flexibility index (Phi) is 1.82. The van der Waals surface area contributed by atoms with Crippen LogP contribution in [0.4, 0.5) is 0 Å². The molecule has 0 amide bonds. The number of ketones is 2. The third-order valence-electron chi connectivity index (χ3n) is 2.66. The zero-order valence-electron chi connectivity index (χ0n) is 8.10. The third-order valence-corrected chi connectivity index (χ3v) is 3.60. The highest BCUT2D eigenvalue weighted by Gasteiger charge is 2.35. The summed E-state index contributed by atoms with van der Waals surface area (Å²) >= 11 is 0. The maximum Gasteiger partial charge on any atom is 0.195 e. The van der Waals surface area contributed by atoms with Crippen molar-refractivity contribution in [1.82, 2.24) is 0 Å². The van der Waals surface area contributed by atoms with Gasteiger partial charge in [-0.05, 0) is 0 Å². The van der Waals surface area contributed by atoms with Crippen LogP contribution in [-0.2, 0) is 10.8 Å². The summed E-state index contributed by atoms with van der Waals surface area (Å²) in [5, 5.41) is 2.68. The van der Waals surface area contributed by atoms with Gasteiger partial charge in [0.2, 0.25) is 0 Å². The van der Waals surface area contributed by atoms with Gasteiger partial charge in [-0.2, -0.15) is 0 Å². The quantitative estimate of drug-likeness (QED) is 0.680. The smallest absolute Gasteiger partial charge is 0.195 e. The Bertz CT molecular complexity index is 570. The first-order valence-corrected chi connectivity index (χ1v) is 5.98. The van der Waals surface area contributed by atoms with Crippen LogP contribution in [0.15, 0.2) is 46.2 Å². The Morgan fingerprint density at radius 2 is 1.25 bits per heavy atom. The number of allylic oxidation sites excluding steroid dienone is 2. The fourth-order valence-corrected chi connectivity index (χ4v) is 2.91. The van der Waals surface area contributed by atoms with Gasteiger partial charge in [0.15, 0.2) is 11.6 Å². The number of hydrogen-bond donors (Lipinski definition) is 0. The van der Waals surface area contributed by atoms with Crippen LogP contribution < -0.4 is 0 Å². The largest absolute Gasteiger partial charge is 0.289 e. The highest BCUT2D eigenvalue weighted by molar-refractivity contribution is 7.91. The van der Waals surface area contributed by atoms with Crippen molar-refractivity contribution in [3.8, 4) is 0 Å². The maximum atomic E-state index is 12.0. The molecule has 78 valence electrons. The molecule has 1 aliphatic heterocycles. The topological polar surface area (TPSA) is 51.2 Å². The zero-order valence-corrected chi connectivity index (χ0v) is 8.91. The highest BCUT2D eigenvalue weighted by atomic mass is 32.2. The van der Waals surface area contributed by atoms with Crippen molar-refractivity contribution in [1.29, 1.82) is 0 Å². The van der Waals surface area contributed by atoms with E-state index in [0.717, 1.165) is 0 Å². The molecule has 2 aliphatic rings. The molecule has 0 spiro atoms. The van der Waals surface area contributed by atoms with Crippen LogP contribution in [0.2, 0.25) is 0 Å². The Morgan fingerprint density at radius 1 is 0.812 bits per heavy atom. The van der Waals surface area contributed by atoms with E-state index in [4.69, 9.17) is 0 Å². The second-order valence-electron chi connectivity index (χ2n) is 3.60. The predicted octanol–water partition coefficient (Wildman–Crippen LogP) is 1.60. The molecule has 0 N–H and O–H groups in total. The Hall–Kier alpha value is -1.81. The van der Waals surface area contributed by atoms with E-state index in [9.17, 15) is 13.8 Å². The Labute approximate surface area is 93.9 Å². The molecule has 1 aromatic rings. The molecule has 0 atom stereocenters. The summed E-state index contributed by atoms with van der Waals surface area (Å²) in [5.41, 5.74) is 1.36. The van der Waals surface area contributed by atoms with Gasteiger partial charge in [0.1, 0.15) is 0 Å². The van der Waals surface area contributed by atoms with Crippen LogP contribution >= 0.6 is 0 Å². The summed E-state index contributed by atoms with van der Waals surface area (Å²) < 4.78 is 11.3. The molecule has 1 aliphatic carbocycles. The van der Waals surface area contributed by atoms with Gasteiger partial charge < -0.3 is 0 Å². The van der Waals surface area contributed by atoms with Crippen molar-refractivity contribution in [2.24, 2.45) is 0 Å². The predicted molar refractivity (Wildman–Crippen MR) is 59.4 cm³/mol. The first-order valence-electron chi connectivity index (χ1n) is 4.70. The lowest BCUT2D eigenvalue weighted by atomic mass is 9.84. The van der Waals surface area contributed by atoms with Crippen molar-refractivity contribution in [3.05, 3.63) is 57.4 Å². The number of carbonyl (C=O) groups is 2. The van der Waals surface area contributed by atoms with E-state index < -0.39 is 10.8 Å². The van der Waals surface area contributed by atoms with E-state index in [1.165, 1.54) is 10.8 Å². The lowest BCUT2D eigenvalue weighted by Gasteiger charge is -2.15. The molecule has 16 heavy (non-hydrogen) atoms. The van der Waals surface area contributed by atoms with E-state index in [1.807, 2.05) is 0 Å². The SMILES string of the molecule is O=C1C2=CS(=O)C=C2C(=O)c2ccccc21. The maximum absolute atomic E-state index is 12.0. The number of rotatable bonds is 0. The molecule has 3 nitrogen and oxygen atoms in total. The molecule has 0 bridgehead atoms. The minimum Gasteiger partial charge on any atom is -0.289 e. The molecule has 0 unspecified atom stereocenters. The summed E-state index contributed by atoms with van der Waals surface area (Å²) in [6.45, 7) is 0. The molecule has 0 saturated carbocycles. The molecule has 0 aromatic heterocycles. The fourth-order valence-electron chi connectivity index (χ4n) is 1.91. The van der Waals surface area contributed by atoms with Crippen LogP contribution in [0.1, 0.15) is 20.7 Å². The number of fused-ring (bicyclic) bond motifs is 2. The van der Waals surface area contributed by atoms with Crippen LogP contribution in [0, 0.1) is 0 Å². The Balaban J connectivity index is 2.33. The molecule has 0 radical (unpaired) electrons. The average molecular weight is 230 g/mol. The van der Waals surface area contributed by atoms with Gasteiger partial charge in [-0.15, -0.1) is 0 Å². The number of carbonyl (C=O) groups excluding carboxylic acids is 2. The first-order chi connectivity index (χ1) is 7.68. The molecule has 1 heterocycles. The minimum atomic E-state index is -1.34. The number of benzene rings is 1. The molecule has 0 saturated heterocycles. The monoisotopic (exact) mass is 230 g/mol. The highest BCUT2D eigenvalue weighted by Crippen LogP contribution is 2.33. The van der Waals surface area contributed by atoms with Crippen molar-refractivity contribution < 1.29 is 13.8 Å². The van der Waals surface area contributed by atoms with E-state index in [2.05, 4.69) is 0 Å². The molecule has 1 aromatic carbocycles. The second kappa shape index (κ2) is 3.09. The first kappa shape index (κ1) is 9.42. The second-order valence-corrected chi connectivity index (χ2v) is 4.72. The van der Waals surface area contributed by atoms with Crippen LogP contribution in [0.25, 0.3) is 0 Å². The normalized spacial score (nSPS) is 19.0. The lowest BCUT2D eigenvalue weighted by Crippen LogP contribution is -2.21. The van der Waals surface area contributed by atoms with Gasteiger partial charge in [-0.3, -0.25) is 13.8 Å². The average Bonchev–Trinajstić information content (AvgIpc) is 2.68. The molecule has 3 rings (SSSR count). The summed E-state index contributed by atoms with van der Waals surface area (Å²) in [6, 6.07) is 6.67. The molecule has 4 heteroatoms. The van der Waals surface area contributed by atoms with Crippen LogP contribution in [0.3, 0.4) is 0 Å². The van der Waals surface area contributed by atoms with Gasteiger partial charge in [0, 0.05) is 33.1 Å². The van der Waals surface area contributed by atoms with Gasteiger partial charge in [-0.1, -0.05) is 24.3 Å². The molecule has 0 fully saturated rings. The van der Waals surface area contributed by atoms with Crippen molar-refractivity contribution in [2.45, 2.75) is 0 Å². The van der Waals surface area contributed by atoms with Crippen LogP contribution in [0.5, 0.6) is 0 Å². The third kappa shape index (κ3) is 1.10. The number of Topliss-reactive ketones (excluding diaryl/α,β-unsaturated/α-hetero) is 2. The van der Waals surface area contributed by atoms with Crippen molar-refractivity contribution >= 4 is 22.4 Å². The molecular weight excluding hydrogens is 224 g/mol. The van der Waals surface area contributed by atoms with E-state index in [0.29, 0.717) is 11.1 Å².